The van der Waals surface area contributed by atoms with Gasteiger partial charge in [-0.25, -0.2) is 9.38 Å². The average molecular weight is 372 g/mol. The van der Waals surface area contributed by atoms with E-state index in [4.69, 9.17) is 4.74 Å². The average Bonchev–Trinajstić information content (AvgIpc) is 2.67. The summed E-state index contributed by atoms with van der Waals surface area (Å²) in [6, 6.07) is 14.6. The monoisotopic (exact) mass is 372 g/mol. The van der Waals surface area contributed by atoms with Crippen molar-refractivity contribution in [3.05, 3.63) is 65.5 Å². The first-order chi connectivity index (χ1) is 13.0. The quantitative estimate of drug-likeness (QED) is 0.552. The lowest BCUT2D eigenvalue weighted by Crippen LogP contribution is -2.41. The summed E-state index contributed by atoms with van der Waals surface area (Å²) in [5.41, 5.74) is 2.13. The summed E-state index contributed by atoms with van der Waals surface area (Å²) in [4.78, 5) is 6.76. The van der Waals surface area contributed by atoms with Crippen LogP contribution in [0.4, 0.5) is 4.39 Å². The van der Waals surface area contributed by atoms with Gasteiger partial charge in [-0.1, -0.05) is 24.3 Å². The maximum Gasteiger partial charge on any atom is 0.191 e. The zero-order valence-electron chi connectivity index (χ0n) is 16.5. The Kier molecular flexibility index (Phi) is 8.07. The lowest BCUT2D eigenvalue weighted by atomic mass is 10.1. The molecule has 5 nitrogen and oxygen atoms in total. The van der Waals surface area contributed by atoms with Gasteiger partial charge in [-0.2, -0.15) is 0 Å². The molecule has 1 unspecified atom stereocenters. The van der Waals surface area contributed by atoms with Gasteiger partial charge in [0.15, 0.2) is 5.96 Å². The van der Waals surface area contributed by atoms with E-state index < -0.39 is 0 Å². The number of ether oxygens (including phenoxy) is 1. The number of guanidine groups is 1. The Morgan fingerprint density at radius 2 is 1.89 bits per heavy atom. The van der Waals surface area contributed by atoms with E-state index in [1.807, 2.05) is 57.4 Å². The van der Waals surface area contributed by atoms with E-state index in [0.29, 0.717) is 13.1 Å². The van der Waals surface area contributed by atoms with Crippen LogP contribution in [-0.4, -0.2) is 45.2 Å². The zero-order valence-corrected chi connectivity index (χ0v) is 16.5. The van der Waals surface area contributed by atoms with Crippen molar-refractivity contribution >= 4 is 5.96 Å². The summed E-state index contributed by atoms with van der Waals surface area (Å²) < 4.78 is 18.5. The number of hydrogen-bond donors (Lipinski definition) is 2. The molecular formula is C21H29FN4O. The highest BCUT2D eigenvalue weighted by Gasteiger charge is 2.14. The number of likely N-dealkylation sites (N-methyl/N-ethyl adjacent to an activating group) is 1. The second-order valence-electron chi connectivity index (χ2n) is 6.46. The standard InChI is InChI=1S/C21H29FN4O/c1-5-23-21(24-14-16-7-6-8-19(13-16)27-4)25-15-20(26(2)3)17-9-11-18(22)12-10-17/h6-13,20H,5,14-15H2,1-4H3,(H2,23,24,25). The molecule has 146 valence electrons. The van der Waals surface area contributed by atoms with E-state index in [-0.39, 0.29) is 11.9 Å². The molecule has 0 fully saturated rings. The van der Waals surface area contributed by atoms with Crippen LogP contribution in [0.1, 0.15) is 24.1 Å². The Hall–Kier alpha value is -2.60. The molecule has 2 rings (SSSR count). The molecule has 2 N–H and O–H groups in total. The molecule has 0 amide bonds. The van der Waals surface area contributed by atoms with Gasteiger partial charge in [0.05, 0.1) is 19.7 Å². The molecule has 0 aromatic heterocycles. The molecule has 0 aliphatic carbocycles. The minimum absolute atomic E-state index is 0.103. The SMILES string of the molecule is CCNC(=NCc1cccc(OC)c1)NCC(c1ccc(F)cc1)N(C)C. The maximum atomic E-state index is 13.2. The smallest absolute Gasteiger partial charge is 0.191 e. The predicted octanol–water partition coefficient (Wildman–Crippen LogP) is 3.19. The van der Waals surface area contributed by atoms with Gasteiger partial charge in [0.1, 0.15) is 11.6 Å². The molecule has 0 radical (unpaired) electrons. The van der Waals surface area contributed by atoms with Crippen molar-refractivity contribution in [3.8, 4) is 5.75 Å². The molecule has 1 atom stereocenters. The lowest BCUT2D eigenvalue weighted by Gasteiger charge is -2.26. The molecule has 2 aromatic carbocycles. The summed E-state index contributed by atoms with van der Waals surface area (Å²) in [6.45, 7) is 4.01. The van der Waals surface area contributed by atoms with Gasteiger partial charge < -0.3 is 20.3 Å². The van der Waals surface area contributed by atoms with Crippen LogP contribution < -0.4 is 15.4 Å². The summed E-state index contributed by atoms with van der Waals surface area (Å²) in [5, 5.41) is 6.65. The van der Waals surface area contributed by atoms with Gasteiger partial charge in [-0.3, -0.25) is 0 Å². The second kappa shape index (κ2) is 10.5. The minimum Gasteiger partial charge on any atom is -0.497 e. The molecule has 6 heteroatoms. The molecule has 0 aliphatic rings. The van der Waals surface area contributed by atoms with E-state index in [2.05, 4.69) is 20.5 Å². The van der Waals surface area contributed by atoms with Crippen molar-refractivity contribution in [2.24, 2.45) is 4.99 Å². The number of nitrogens with one attached hydrogen (secondary N) is 2. The molecule has 0 saturated heterocycles. The van der Waals surface area contributed by atoms with Gasteiger partial charge in [-0.05, 0) is 56.4 Å². The summed E-state index contributed by atoms with van der Waals surface area (Å²) in [6.07, 6.45) is 0. The van der Waals surface area contributed by atoms with Gasteiger partial charge in [0.2, 0.25) is 0 Å². The highest BCUT2D eigenvalue weighted by molar-refractivity contribution is 5.79. The highest BCUT2D eigenvalue weighted by atomic mass is 19.1. The Bertz CT molecular complexity index is 731. The predicted molar refractivity (Wildman–Crippen MR) is 109 cm³/mol. The highest BCUT2D eigenvalue weighted by Crippen LogP contribution is 2.18. The van der Waals surface area contributed by atoms with Crippen LogP contribution in [0.15, 0.2) is 53.5 Å². The molecular weight excluding hydrogens is 343 g/mol. The number of aliphatic imine (C=N–C) groups is 1. The first-order valence-electron chi connectivity index (χ1n) is 9.10. The summed E-state index contributed by atoms with van der Waals surface area (Å²) in [7, 11) is 5.68. The summed E-state index contributed by atoms with van der Waals surface area (Å²) in [5.74, 6) is 1.34. The minimum atomic E-state index is -0.225. The normalized spacial score (nSPS) is 12.7. The van der Waals surface area contributed by atoms with Crippen molar-refractivity contribution < 1.29 is 9.13 Å². The number of benzene rings is 2. The van der Waals surface area contributed by atoms with Gasteiger partial charge in [-0.15, -0.1) is 0 Å². The largest absolute Gasteiger partial charge is 0.497 e. The van der Waals surface area contributed by atoms with Crippen molar-refractivity contribution in [2.45, 2.75) is 19.5 Å². The van der Waals surface area contributed by atoms with Gasteiger partial charge >= 0.3 is 0 Å². The lowest BCUT2D eigenvalue weighted by molar-refractivity contribution is 0.298. The number of rotatable bonds is 8. The number of nitrogens with zero attached hydrogens (tertiary/aromatic N) is 2. The molecule has 0 aliphatic heterocycles. The Labute approximate surface area is 161 Å². The first kappa shape index (κ1) is 20.7. The fourth-order valence-corrected chi connectivity index (χ4v) is 2.76. The molecule has 0 heterocycles. The second-order valence-corrected chi connectivity index (χ2v) is 6.46. The fraction of sp³-hybridized carbons (Fsp3) is 0.381. The molecule has 0 spiro atoms. The Morgan fingerprint density at radius 1 is 1.15 bits per heavy atom. The van der Waals surface area contributed by atoms with Crippen molar-refractivity contribution in [1.29, 1.82) is 0 Å². The first-order valence-corrected chi connectivity index (χ1v) is 9.10. The molecule has 0 saturated carbocycles. The molecule has 2 aromatic rings. The van der Waals surface area contributed by atoms with Crippen molar-refractivity contribution in [1.82, 2.24) is 15.5 Å². The van der Waals surface area contributed by atoms with Gasteiger partial charge in [0, 0.05) is 13.1 Å². The Morgan fingerprint density at radius 3 is 2.52 bits per heavy atom. The van der Waals surface area contributed by atoms with E-state index in [1.165, 1.54) is 12.1 Å². The summed E-state index contributed by atoms with van der Waals surface area (Å²) >= 11 is 0. The van der Waals surface area contributed by atoms with Crippen LogP contribution >= 0.6 is 0 Å². The molecule has 0 bridgehead atoms. The fourth-order valence-electron chi connectivity index (χ4n) is 2.76. The number of methoxy groups -OCH3 is 1. The van der Waals surface area contributed by atoms with Crippen molar-refractivity contribution in [2.75, 3.05) is 34.3 Å². The van der Waals surface area contributed by atoms with Crippen molar-refractivity contribution in [3.63, 3.8) is 0 Å². The molecule has 27 heavy (non-hydrogen) atoms. The number of halogens is 1. The third-order valence-corrected chi connectivity index (χ3v) is 4.24. The van der Waals surface area contributed by atoms with Crippen LogP contribution in [-0.2, 0) is 6.54 Å². The van der Waals surface area contributed by atoms with E-state index >= 15 is 0 Å². The van der Waals surface area contributed by atoms with Gasteiger partial charge in [0.25, 0.3) is 0 Å². The van der Waals surface area contributed by atoms with E-state index in [1.54, 1.807) is 7.11 Å². The third-order valence-electron chi connectivity index (χ3n) is 4.24. The Balaban J connectivity index is 2.05. The maximum absolute atomic E-state index is 13.2. The number of hydrogen-bond acceptors (Lipinski definition) is 3. The van der Waals surface area contributed by atoms with Crippen LogP contribution in [0.5, 0.6) is 5.75 Å². The zero-order chi connectivity index (χ0) is 19.6. The van der Waals surface area contributed by atoms with Crippen LogP contribution in [0, 0.1) is 5.82 Å². The van der Waals surface area contributed by atoms with Crippen LogP contribution in [0.2, 0.25) is 0 Å². The van der Waals surface area contributed by atoms with E-state index in [9.17, 15) is 4.39 Å². The van der Waals surface area contributed by atoms with Crippen LogP contribution in [0.25, 0.3) is 0 Å². The van der Waals surface area contributed by atoms with Crippen LogP contribution in [0.3, 0.4) is 0 Å². The third kappa shape index (κ3) is 6.57. The topological polar surface area (TPSA) is 48.9 Å². The van der Waals surface area contributed by atoms with E-state index in [0.717, 1.165) is 29.4 Å².